The molecular weight excluding hydrogens is 484 g/mol. The highest BCUT2D eigenvalue weighted by Crippen LogP contribution is 2.39. The maximum atomic E-state index is 5.11. The van der Waals surface area contributed by atoms with Gasteiger partial charge in [-0.25, -0.2) is 0 Å². The number of hydrogen-bond donors (Lipinski definition) is 0. The molecule has 0 amide bonds. The topological polar surface area (TPSA) is 17.8 Å². The van der Waals surface area contributed by atoms with Gasteiger partial charge >= 0.3 is 0 Å². The summed E-state index contributed by atoms with van der Waals surface area (Å²) in [6.07, 6.45) is 1.97. The van der Waals surface area contributed by atoms with Gasteiger partial charge in [-0.3, -0.25) is 4.98 Å². The SMILES string of the molecule is Cn1c2ccccc2c2ccccc2c2ccccc2c2c(-c3cc(C(C)(C)C)c4ccccc4c3)nccc21. The van der Waals surface area contributed by atoms with E-state index in [0.717, 1.165) is 22.2 Å². The molecule has 7 aromatic rings. The smallest absolute Gasteiger partial charge is 0.0801 e. The minimum Gasteiger partial charge on any atom is -0.344 e. The van der Waals surface area contributed by atoms with E-state index < -0.39 is 0 Å². The van der Waals surface area contributed by atoms with Gasteiger partial charge in [-0.1, -0.05) is 112 Å². The van der Waals surface area contributed by atoms with E-state index in [1.54, 1.807) is 0 Å². The van der Waals surface area contributed by atoms with Crippen molar-refractivity contribution in [2.75, 3.05) is 0 Å². The van der Waals surface area contributed by atoms with Crippen molar-refractivity contribution in [3.05, 3.63) is 127 Å². The Morgan fingerprint density at radius 2 is 1.10 bits per heavy atom. The Morgan fingerprint density at radius 3 is 1.80 bits per heavy atom. The summed E-state index contributed by atoms with van der Waals surface area (Å²) in [7, 11) is 2.18. The van der Waals surface area contributed by atoms with Gasteiger partial charge in [-0.15, -0.1) is 0 Å². The van der Waals surface area contributed by atoms with E-state index in [-0.39, 0.29) is 5.41 Å². The molecule has 2 nitrogen and oxygen atoms in total. The largest absolute Gasteiger partial charge is 0.344 e. The van der Waals surface area contributed by atoms with E-state index in [2.05, 4.69) is 148 Å². The van der Waals surface area contributed by atoms with Crippen LogP contribution in [-0.2, 0) is 12.5 Å². The van der Waals surface area contributed by atoms with Crippen LogP contribution in [0.5, 0.6) is 0 Å². The van der Waals surface area contributed by atoms with Gasteiger partial charge in [0.25, 0.3) is 0 Å². The molecule has 40 heavy (non-hydrogen) atoms. The average Bonchev–Trinajstić information content (AvgIpc) is 3.02. The Labute approximate surface area is 234 Å². The van der Waals surface area contributed by atoms with Crippen molar-refractivity contribution in [1.29, 1.82) is 0 Å². The summed E-state index contributed by atoms with van der Waals surface area (Å²) in [5.74, 6) is 0. The van der Waals surface area contributed by atoms with E-state index in [4.69, 9.17) is 4.98 Å². The summed E-state index contributed by atoms with van der Waals surface area (Å²) in [5, 5.41) is 9.80. The van der Waals surface area contributed by atoms with Crippen molar-refractivity contribution in [3.63, 3.8) is 0 Å². The molecule has 0 fully saturated rings. The molecule has 0 atom stereocenters. The maximum absolute atomic E-state index is 5.11. The van der Waals surface area contributed by atoms with Crippen LogP contribution in [-0.4, -0.2) is 9.55 Å². The lowest BCUT2D eigenvalue weighted by Gasteiger charge is -2.23. The fourth-order valence-electron chi connectivity index (χ4n) is 6.30. The number of aromatic nitrogens is 2. The van der Waals surface area contributed by atoms with Crippen LogP contribution in [0.3, 0.4) is 0 Å². The first-order valence-corrected chi connectivity index (χ1v) is 14.0. The summed E-state index contributed by atoms with van der Waals surface area (Å²) in [6, 6.07) is 41.9. The predicted octanol–water partition coefficient (Wildman–Crippen LogP) is 10.3. The zero-order valence-corrected chi connectivity index (χ0v) is 23.4. The van der Waals surface area contributed by atoms with Crippen LogP contribution >= 0.6 is 0 Å². The fourth-order valence-corrected chi connectivity index (χ4v) is 6.30. The molecule has 0 saturated carbocycles. The van der Waals surface area contributed by atoms with E-state index in [1.165, 1.54) is 48.8 Å². The zero-order chi connectivity index (χ0) is 27.4. The molecule has 0 spiro atoms. The minimum absolute atomic E-state index is 0.0110. The summed E-state index contributed by atoms with van der Waals surface area (Å²) < 4.78 is 2.33. The van der Waals surface area contributed by atoms with Gasteiger partial charge < -0.3 is 4.57 Å². The lowest BCUT2D eigenvalue weighted by Crippen LogP contribution is -2.12. The zero-order valence-electron chi connectivity index (χ0n) is 23.4. The van der Waals surface area contributed by atoms with Crippen molar-refractivity contribution < 1.29 is 0 Å². The molecule has 0 aliphatic heterocycles. The molecule has 2 heterocycles. The lowest BCUT2D eigenvalue weighted by molar-refractivity contribution is 0.596. The van der Waals surface area contributed by atoms with Crippen molar-refractivity contribution in [2.45, 2.75) is 26.2 Å². The molecule has 0 aliphatic rings. The third-order valence-electron chi connectivity index (χ3n) is 8.20. The summed E-state index contributed by atoms with van der Waals surface area (Å²) >= 11 is 0. The Bertz CT molecular complexity index is 2160. The van der Waals surface area contributed by atoms with Crippen LogP contribution in [0.4, 0.5) is 0 Å². The highest BCUT2D eigenvalue weighted by atomic mass is 14.9. The first kappa shape index (κ1) is 24.4. The van der Waals surface area contributed by atoms with Gasteiger partial charge in [0.2, 0.25) is 0 Å². The first-order valence-electron chi connectivity index (χ1n) is 14.0. The number of pyridine rings is 1. The van der Waals surface area contributed by atoms with Gasteiger partial charge in [0.1, 0.15) is 0 Å². The number of hydrogen-bond acceptors (Lipinski definition) is 1. The third kappa shape index (κ3) is 3.83. The second kappa shape index (κ2) is 9.20. The first-order chi connectivity index (χ1) is 19.4. The highest BCUT2D eigenvalue weighted by molar-refractivity contribution is 6.21. The summed E-state index contributed by atoms with van der Waals surface area (Å²) in [6.45, 7) is 6.88. The van der Waals surface area contributed by atoms with E-state index >= 15 is 0 Å². The maximum Gasteiger partial charge on any atom is 0.0801 e. The van der Waals surface area contributed by atoms with Crippen molar-refractivity contribution in [1.82, 2.24) is 9.55 Å². The van der Waals surface area contributed by atoms with Crippen molar-refractivity contribution in [2.24, 2.45) is 7.05 Å². The number of aryl methyl sites for hydroxylation is 1. The number of para-hydroxylation sites is 1. The molecule has 0 N–H and O–H groups in total. The number of fused-ring (bicyclic) bond motifs is 8. The fraction of sp³-hybridized carbons (Fsp3) is 0.132. The second-order valence-corrected chi connectivity index (χ2v) is 11.7. The van der Waals surface area contributed by atoms with Gasteiger partial charge in [0, 0.05) is 35.1 Å². The third-order valence-corrected chi connectivity index (χ3v) is 8.20. The average molecular weight is 517 g/mol. The van der Waals surface area contributed by atoms with Crippen LogP contribution in [0.15, 0.2) is 121 Å². The molecule has 0 unspecified atom stereocenters. The van der Waals surface area contributed by atoms with Crippen molar-refractivity contribution >= 4 is 54.1 Å². The Hall–Kier alpha value is -4.69. The van der Waals surface area contributed by atoms with Crippen LogP contribution in [0, 0.1) is 0 Å². The van der Waals surface area contributed by atoms with Crippen molar-refractivity contribution in [3.8, 4) is 11.3 Å². The molecule has 0 saturated heterocycles. The van der Waals surface area contributed by atoms with E-state index in [0.29, 0.717) is 0 Å². The molecule has 0 aliphatic carbocycles. The standard InChI is InChI=1S/C38H32N2/c1-38(2,3)33-24-26(23-25-13-5-6-14-27(25)33)37-36-32-19-10-9-17-30(32)28-15-7-8-16-29(28)31-18-11-12-20-34(31)40(4)35(36)21-22-39-37/h5-24H,1-4H3. The van der Waals surface area contributed by atoms with E-state index in [9.17, 15) is 0 Å². The lowest BCUT2D eigenvalue weighted by atomic mass is 9.82. The van der Waals surface area contributed by atoms with Crippen LogP contribution < -0.4 is 0 Å². The highest BCUT2D eigenvalue weighted by Gasteiger charge is 2.20. The molecule has 2 aromatic heterocycles. The molecular formula is C38H32N2. The molecule has 2 heteroatoms. The van der Waals surface area contributed by atoms with Crippen LogP contribution in [0.2, 0.25) is 0 Å². The number of rotatable bonds is 1. The van der Waals surface area contributed by atoms with Gasteiger partial charge in [0.05, 0.1) is 11.2 Å². The van der Waals surface area contributed by atoms with Gasteiger partial charge in [-0.05, 0) is 67.6 Å². The van der Waals surface area contributed by atoms with Crippen LogP contribution in [0.25, 0.3) is 65.4 Å². The minimum atomic E-state index is -0.0110. The Balaban J connectivity index is 1.78. The normalized spacial score (nSPS) is 12.0. The summed E-state index contributed by atoms with van der Waals surface area (Å²) in [4.78, 5) is 5.11. The predicted molar refractivity (Wildman–Crippen MR) is 173 cm³/mol. The van der Waals surface area contributed by atoms with Gasteiger partial charge in [0.15, 0.2) is 0 Å². The second-order valence-electron chi connectivity index (χ2n) is 11.7. The Kier molecular flexibility index (Phi) is 5.61. The number of nitrogens with zero attached hydrogens (tertiary/aromatic N) is 2. The molecule has 194 valence electrons. The quantitative estimate of drug-likeness (QED) is 0.212. The summed E-state index contributed by atoms with van der Waals surface area (Å²) in [5.41, 5.74) is 5.79. The monoisotopic (exact) mass is 516 g/mol. The van der Waals surface area contributed by atoms with E-state index in [1.807, 2.05) is 6.20 Å². The number of benzene rings is 5. The molecule has 0 radical (unpaired) electrons. The molecule has 7 rings (SSSR count). The van der Waals surface area contributed by atoms with Gasteiger partial charge in [-0.2, -0.15) is 0 Å². The van der Waals surface area contributed by atoms with Crippen LogP contribution in [0.1, 0.15) is 26.3 Å². The Morgan fingerprint density at radius 1 is 0.550 bits per heavy atom. The molecule has 0 bridgehead atoms. The molecule has 5 aromatic carbocycles.